The highest BCUT2D eigenvalue weighted by molar-refractivity contribution is 6.06. The van der Waals surface area contributed by atoms with Gasteiger partial charge >= 0.3 is 0 Å². The van der Waals surface area contributed by atoms with E-state index in [2.05, 4.69) is 10.6 Å². The number of guanidine groups is 1. The maximum atomic E-state index is 10.1. The Balaban J connectivity index is 2.55. The molecule has 1 aliphatic rings. The first-order valence-corrected chi connectivity index (χ1v) is 1.78. The molecule has 1 aliphatic heterocycles. The maximum absolute atomic E-state index is 10.1. The number of carbonyl (C=O) groups excluding carboxylic acids is 1. The van der Waals surface area contributed by atoms with Crippen molar-refractivity contribution in [3.05, 3.63) is 6.54 Å². The normalized spacial score (nSPS) is 18.9. The summed E-state index contributed by atoms with van der Waals surface area (Å²) in [6.45, 7) is 1.20. The van der Waals surface area contributed by atoms with Gasteiger partial charge in [-0.1, -0.05) is 0 Å². The Kier molecular flexibility index (Phi) is 0.714. The zero-order valence-corrected chi connectivity index (χ0v) is 3.49. The Hall–Kier alpha value is -1.06. The summed E-state index contributed by atoms with van der Waals surface area (Å²) in [5.74, 6) is -0.213. The number of hydrogen-bond acceptors (Lipinski definition) is 2. The second-order valence-corrected chi connectivity index (χ2v) is 1.15. The van der Waals surface area contributed by atoms with E-state index in [-0.39, 0.29) is 11.9 Å². The lowest BCUT2D eigenvalue weighted by molar-refractivity contribution is -0.115. The lowest BCUT2D eigenvalue weighted by Crippen LogP contribution is -2.23. The van der Waals surface area contributed by atoms with Gasteiger partial charge in [-0.15, -0.1) is 0 Å². The highest BCUT2D eigenvalue weighted by Gasteiger charge is 2.11. The van der Waals surface area contributed by atoms with Crippen molar-refractivity contribution in [3.8, 4) is 0 Å². The highest BCUT2D eigenvalue weighted by Crippen LogP contribution is 1.78. The van der Waals surface area contributed by atoms with Crippen molar-refractivity contribution in [1.29, 1.82) is 5.41 Å². The summed E-state index contributed by atoms with van der Waals surface area (Å²) in [6.07, 6.45) is 0. The molecule has 1 amide bonds. The van der Waals surface area contributed by atoms with E-state index in [1.807, 2.05) is 0 Å². The molecule has 1 fully saturated rings. The molecule has 0 bridgehead atoms. The molecule has 0 aromatic rings. The summed E-state index contributed by atoms with van der Waals surface area (Å²) >= 11 is 0. The first-order chi connectivity index (χ1) is 3.29. The van der Waals surface area contributed by atoms with Crippen molar-refractivity contribution in [2.45, 2.75) is 0 Å². The van der Waals surface area contributed by atoms with Crippen molar-refractivity contribution >= 4 is 11.9 Å². The van der Waals surface area contributed by atoms with Crippen LogP contribution in [0.25, 0.3) is 0 Å². The zero-order chi connectivity index (χ0) is 5.28. The van der Waals surface area contributed by atoms with E-state index < -0.39 is 0 Å². The molecule has 7 heavy (non-hydrogen) atoms. The number of hydrogen-bond donors (Lipinski definition) is 3. The topological polar surface area (TPSA) is 65.0 Å². The summed E-state index contributed by atoms with van der Waals surface area (Å²) in [4.78, 5) is 10.1. The fraction of sp³-hybridized carbons (Fsp3) is 0. The molecule has 1 saturated heterocycles. The average Bonchev–Trinajstić information content (AvgIpc) is 1.87. The Morgan fingerprint density at radius 2 is 2.43 bits per heavy atom. The van der Waals surface area contributed by atoms with E-state index in [1.54, 1.807) is 0 Å². The van der Waals surface area contributed by atoms with Crippen LogP contribution in [0.4, 0.5) is 0 Å². The van der Waals surface area contributed by atoms with Crippen LogP contribution in [-0.2, 0) is 4.79 Å². The van der Waals surface area contributed by atoms with Crippen LogP contribution >= 0.6 is 0 Å². The van der Waals surface area contributed by atoms with Crippen molar-refractivity contribution < 1.29 is 4.79 Å². The second-order valence-electron chi connectivity index (χ2n) is 1.15. The Bertz CT molecular complexity index is 105. The third kappa shape index (κ3) is 0.677. The van der Waals surface area contributed by atoms with Gasteiger partial charge in [-0.3, -0.25) is 15.5 Å². The molecular weight excluding hydrogens is 94.1 g/mol. The van der Waals surface area contributed by atoms with Gasteiger partial charge in [0.2, 0.25) is 0 Å². The van der Waals surface area contributed by atoms with E-state index >= 15 is 0 Å². The smallest absolute Gasteiger partial charge is 0.251 e. The molecule has 1 radical (unpaired) electrons. The molecule has 0 aromatic carbocycles. The minimum absolute atomic E-state index is 0.0463. The van der Waals surface area contributed by atoms with Crippen LogP contribution < -0.4 is 10.6 Å². The largest absolute Gasteiger partial charge is 0.342 e. The van der Waals surface area contributed by atoms with Gasteiger partial charge in [-0.05, 0) is 0 Å². The van der Waals surface area contributed by atoms with Gasteiger partial charge in [0.05, 0.1) is 0 Å². The molecule has 1 rings (SSSR count). The van der Waals surface area contributed by atoms with Crippen LogP contribution in [0.2, 0.25) is 0 Å². The van der Waals surface area contributed by atoms with Crippen molar-refractivity contribution in [3.63, 3.8) is 0 Å². The Morgan fingerprint density at radius 3 is 2.57 bits per heavy atom. The van der Waals surface area contributed by atoms with Crippen LogP contribution in [0.3, 0.4) is 0 Å². The van der Waals surface area contributed by atoms with E-state index in [0.717, 1.165) is 0 Å². The highest BCUT2D eigenvalue weighted by atomic mass is 16.2. The molecule has 0 aliphatic carbocycles. The van der Waals surface area contributed by atoms with Gasteiger partial charge in [0.15, 0.2) is 5.96 Å². The van der Waals surface area contributed by atoms with Gasteiger partial charge < -0.3 is 5.32 Å². The molecule has 1 heterocycles. The third-order valence-electron chi connectivity index (χ3n) is 0.596. The average molecular weight is 98.1 g/mol. The summed E-state index contributed by atoms with van der Waals surface area (Å²) in [5.41, 5.74) is 0. The molecule has 0 unspecified atom stereocenters. The molecular formula is C3H4N3O. The van der Waals surface area contributed by atoms with E-state index in [4.69, 9.17) is 5.41 Å². The fourth-order valence-electron chi connectivity index (χ4n) is 0.333. The quantitative estimate of drug-likeness (QED) is 0.356. The van der Waals surface area contributed by atoms with E-state index in [0.29, 0.717) is 0 Å². The lowest BCUT2D eigenvalue weighted by Gasteiger charge is -1.84. The molecule has 0 saturated carbocycles. The lowest BCUT2D eigenvalue weighted by atomic mass is 10.7. The third-order valence-corrected chi connectivity index (χ3v) is 0.596. The van der Waals surface area contributed by atoms with Crippen LogP contribution in [0, 0.1) is 12.0 Å². The van der Waals surface area contributed by atoms with Crippen molar-refractivity contribution in [1.82, 2.24) is 10.6 Å². The summed E-state index contributed by atoms with van der Waals surface area (Å²) in [6, 6.07) is 0. The maximum Gasteiger partial charge on any atom is 0.251 e. The summed E-state index contributed by atoms with van der Waals surface area (Å²) in [5, 5.41) is 11.3. The fourth-order valence-corrected chi connectivity index (χ4v) is 0.333. The number of rotatable bonds is 0. The van der Waals surface area contributed by atoms with Gasteiger partial charge in [-0.25, -0.2) is 0 Å². The predicted molar refractivity (Wildman–Crippen MR) is 23.3 cm³/mol. The SMILES string of the molecule is N=C1N[CH]C(=O)N1. The summed E-state index contributed by atoms with van der Waals surface area (Å²) < 4.78 is 0. The number of carbonyl (C=O) groups is 1. The Morgan fingerprint density at radius 1 is 1.71 bits per heavy atom. The number of nitrogens with one attached hydrogen (secondary N) is 3. The first kappa shape index (κ1) is 4.11. The standard InChI is InChI=1S/C3H4N3O/c4-3-5-1-2(7)6-3/h1H,(H3,4,5,6,7). The number of amides is 1. The minimum Gasteiger partial charge on any atom is -0.342 e. The van der Waals surface area contributed by atoms with Gasteiger partial charge in [0.25, 0.3) is 5.91 Å². The molecule has 37 valence electrons. The molecule has 0 atom stereocenters. The molecule has 4 heteroatoms. The molecule has 0 spiro atoms. The van der Waals surface area contributed by atoms with Crippen LogP contribution in [0.15, 0.2) is 0 Å². The molecule has 3 N–H and O–H groups in total. The Labute approximate surface area is 40.4 Å². The molecule has 4 nitrogen and oxygen atoms in total. The van der Waals surface area contributed by atoms with Crippen molar-refractivity contribution in [2.75, 3.05) is 0 Å². The zero-order valence-electron chi connectivity index (χ0n) is 3.49. The van der Waals surface area contributed by atoms with Gasteiger partial charge in [0.1, 0.15) is 6.54 Å². The second kappa shape index (κ2) is 1.22. The predicted octanol–water partition coefficient (Wildman–Crippen LogP) is -1.20. The van der Waals surface area contributed by atoms with E-state index in [1.165, 1.54) is 6.54 Å². The van der Waals surface area contributed by atoms with Crippen LogP contribution in [-0.4, -0.2) is 11.9 Å². The minimum atomic E-state index is -0.259. The van der Waals surface area contributed by atoms with Crippen LogP contribution in [0.1, 0.15) is 0 Å². The van der Waals surface area contributed by atoms with Gasteiger partial charge in [-0.2, -0.15) is 0 Å². The van der Waals surface area contributed by atoms with Gasteiger partial charge in [0, 0.05) is 0 Å². The van der Waals surface area contributed by atoms with E-state index in [9.17, 15) is 4.79 Å². The first-order valence-electron chi connectivity index (χ1n) is 1.78. The molecule has 0 aromatic heterocycles. The monoisotopic (exact) mass is 98.0 g/mol. The summed E-state index contributed by atoms with van der Waals surface area (Å²) in [7, 11) is 0. The van der Waals surface area contributed by atoms with Crippen molar-refractivity contribution in [2.24, 2.45) is 0 Å². The van der Waals surface area contributed by atoms with Crippen LogP contribution in [0.5, 0.6) is 0 Å².